The molecule has 2 aliphatic rings. The summed E-state index contributed by atoms with van der Waals surface area (Å²) in [6, 6.07) is 14.5. The largest absolute Gasteiger partial charge is 0.528 e. The molecule has 1 fully saturated rings. The van der Waals surface area contributed by atoms with E-state index < -0.39 is 11.8 Å². The standard InChI is InChI=1S/C27H31FN4O4/c1-27(2,3)35-26(33)36-31-16-19-15-20(28)11-14-23(19)32-24(17-31)29-30-25(32)18-9-12-22(13-10-18)34-21-7-5-4-6-8-21/h4-8,11,14-15,18,22H,9-10,12-13,16-17H2,1-3H3/t18-,22-. The average molecular weight is 495 g/mol. The summed E-state index contributed by atoms with van der Waals surface area (Å²) in [5.74, 6) is 2.19. The number of halogens is 1. The molecule has 3 aromatic rings. The van der Waals surface area contributed by atoms with E-state index >= 15 is 0 Å². The van der Waals surface area contributed by atoms with E-state index in [4.69, 9.17) is 14.3 Å². The molecule has 9 heteroatoms. The highest BCUT2D eigenvalue weighted by Gasteiger charge is 2.32. The molecule has 0 atom stereocenters. The van der Waals surface area contributed by atoms with Gasteiger partial charge in [0.1, 0.15) is 23.0 Å². The van der Waals surface area contributed by atoms with Gasteiger partial charge in [-0.25, -0.2) is 9.18 Å². The lowest BCUT2D eigenvalue weighted by Gasteiger charge is -2.29. The van der Waals surface area contributed by atoms with Gasteiger partial charge >= 0.3 is 6.16 Å². The molecule has 0 unspecified atom stereocenters. The minimum absolute atomic E-state index is 0.161. The zero-order valence-corrected chi connectivity index (χ0v) is 20.8. The van der Waals surface area contributed by atoms with Crippen LogP contribution < -0.4 is 4.74 Å². The molecule has 0 amide bonds. The van der Waals surface area contributed by atoms with Crippen molar-refractivity contribution in [3.05, 3.63) is 71.6 Å². The van der Waals surface area contributed by atoms with Crippen molar-refractivity contribution in [2.24, 2.45) is 0 Å². The van der Waals surface area contributed by atoms with Gasteiger partial charge in [0.05, 0.1) is 24.9 Å². The number of hydrogen-bond donors (Lipinski definition) is 0. The molecule has 0 saturated heterocycles. The number of ether oxygens (including phenoxy) is 2. The Morgan fingerprint density at radius 1 is 1.00 bits per heavy atom. The Morgan fingerprint density at radius 2 is 1.75 bits per heavy atom. The first kappa shape index (κ1) is 24.2. The Labute approximate surface area is 209 Å². The Bertz CT molecular complexity index is 1220. The van der Waals surface area contributed by atoms with E-state index in [2.05, 4.69) is 10.2 Å². The van der Waals surface area contributed by atoms with Crippen molar-refractivity contribution < 1.29 is 23.5 Å². The first-order chi connectivity index (χ1) is 17.2. The van der Waals surface area contributed by atoms with Gasteiger partial charge in [0, 0.05) is 5.92 Å². The Hall–Kier alpha value is -3.46. The van der Waals surface area contributed by atoms with Gasteiger partial charge in [0.2, 0.25) is 0 Å². The molecule has 190 valence electrons. The highest BCUT2D eigenvalue weighted by atomic mass is 19.1. The van der Waals surface area contributed by atoms with E-state index in [0.29, 0.717) is 11.4 Å². The van der Waals surface area contributed by atoms with Crippen LogP contribution in [0.2, 0.25) is 0 Å². The fourth-order valence-electron chi connectivity index (χ4n) is 4.83. The SMILES string of the molecule is CC(C)(C)OC(=O)ON1Cc2cc(F)ccc2-n2c(nnc2[C@H]2CC[C@H](Oc3ccccc3)CC2)C1. The third-order valence-corrected chi connectivity index (χ3v) is 6.38. The van der Waals surface area contributed by atoms with Crippen LogP contribution in [0.4, 0.5) is 9.18 Å². The van der Waals surface area contributed by atoms with Crippen LogP contribution >= 0.6 is 0 Å². The number of fused-ring (bicyclic) bond motifs is 3. The molecule has 1 aromatic heterocycles. The highest BCUT2D eigenvalue weighted by Crippen LogP contribution is 2.37. The third-order valence-electron chi connectivity index (χ3n) is 6.38. The van der Waals surface area contributed by atoms with E-state index in [1.54, 1.807) is 26.8 Å². The molecule has 1 aliphatic carbocycles. The summed E-state index contributed by atoms with van der Waals surface area (Å²) < 4.78 is 27.7. The highest BCUT2D eigenvalue weighted by molar-refractivity contribution is 5.60. The number of hydroxylamine groups is 2. The topological polar surface area (TPSA) is 78.7 Å². The number of carbonyl (C=O) groups excluding carboxylic acids is 1. The van der Waals surface area contributed by atoms with Gasteiger partial charge in [-0.2, -0.15) is 0 Å². The Kier molecular flexibility index (Phi) is 6.66. The summed E-state index contributed by atoms with van der Waals surface area (Å²) in [5.41, 5.74) is 0.784. The molecule has 5 rings (SSSR count). The second-order valence-electron chi connectivity index (χ2n) is 10.3. The zero-order chi connectivity index (χ0) is 25.3. The molecular formula is C27H31FN4O4. The maximum Gasteiger partial charge on any atom is 0.528 e. The lowest BCUT2D eigenvalue weighted by Crippen LogP contribution is -2.31. The fraction of sp³-hybridized carbons (Fsp3) is 0.444. The second kappa shape index (κ2) is 9.89. The lowest BCUT2D eigenvalue weighted by atomic mass is 9.86. The van der Waals surface area contributed by atoms with Gasteiger partial charge in [-0.05, 0) is 82.3 Å². The van der Waals surface area contributed by atoms with E-state index in [1.807, 2.05) is 34.9 Å². The van der Waals surface area contributed by atoms with E-state index in [1.165, 1.54) is 17.2 Å². The molecule has 1 aliphatic heterocycles. The van der Waals surface area contributed by atoms with Gasteiger partial charge in [0.15, 0.2) is 5.82 Å². The molecule has 0 radical (unpaired) electrons. The molecule has 0 spiro atoms. The average Bonchev–Trinajstić information content (AvgIpc) is 3.15. The van der Waals surface area contributed by atoms with Crippen LogP contribution in [-0.2, 0) is 22.7 Å². The quantitative estimate of drug-likeness (QED) is 0.431. The van der Waals surface area contributed by atoms with Crippen LogP contribution in [0.15, 0.2) is 48.5 Å². The molecule has 2 aromatic carbocycles. The first-order valence-corrected chi connectivity index (χ1v) is 12.4. The molecule has 8 nitrogen and oxygen atoms in total. The van der Waals surface area contributed by atoms with Crippen LogP contribution in [0.25, 0.3) is 5.69 Å². The summed E-state index contributed by atoms with van der Waals surface area (Å²) in [5, 5.41) is 10.4. The summed E-state index contributed by atoms with van der Waals surface area (Å²) >= 11 is 0. The number of nitrogens with zero attached hydrogens (tertiary/aromatic N) is 4. The molecule has 0 N–H and O–H groups in total. The predicted octanol–water partition coefficient (Wildman–Crippen LogP) is 5.69. The Balaban J connectivity index is 1.36. The van der Waals surface area contributed by atoms with E-state index in [0.717, 1.165) is 42.9 Å². The molecule has 2 heterocycles. The van der Waals surface area contributed by atoms with Crippen LogP contribution in [0.3, 0.4) is 0 Å². The maximum atomic E-state index is 14.2. The smallest absolute Gasteiger partial charge is 0.490 e. The summed E-state index contributed by atoms with van der Waals surface area (Å²) in [6.45, 7) is 5.71. The minimum atomic E-state index is -0.814. The number of para-hydroxylation sites is 1. The minimum Gasteiger partial charge on any atom is -0.490 e. The fourth-order valence-corrected chi connectivity index (χ4v) is 4.83. The van der Waals surface area contributed by atoms with Gasteiger partial charge in [-0.15, -0.1) is 15.3 Å². The summed E-state index contributed by atoms with van der Waals surface area (Å²) in [7, 11) is 0. The van der Waals surface area contributed by atoms with Crippen molar-refractivity contribution in [3.8, 4) is 11.4 Å². The van der Waals surface area contributed by atoms with E-state index in [-0.39, 0.29) is 30.9 Å². The van der Waals surface area contributed by atoms with Gasteiger partial charge in [0.25, 0.3) is 0 Å². The summed E-state index contributed by atoms with van der Waals surface area (Å²) in [6.07, 6.45) is 2.98. The normalized spacial score (nSPS) is 20.1. The van der Waals surface area contributed by atoms with Crippen molar-refractivity contribution >= 4 is 6.16 Å². The first-order valence-electron chi connectivity index (χ1n) is 12.4. The van der Waals surface area contributed by atoms with Crippen LogP contribution in [-0.4, -0.2) is 37.7 Å². The lowest BCUT2D eigenvalue weighted by molar-refractivity contribution is -0.155. The number of carbonyl (C=O) groups is 1. The molecule has 36 heavy (non-hydrogen) atoms. The van der Waals surface area contributed by atoms with Crippen LogP contribution in [0, 0.1) is 5.82 Å². The van der Waals surface area contributed by atoms with E-state index in [9.17, 15) is 9.18 Å². The predicted molar refractivity (Wildman–Crippen MR) is 130 cm³/mol. The second-order valence-corrected chi connectivity index (χ2v) is 10.3. The zero-order valence-electron chi connectivity index (χ0n) is 20.8. The van der Waals surface area contributed by atoms with Gasteiger partial charge in [-0.1, -0.05) is 18.2 Å². The van der Waals surface area contributed by atoms with Crippen molar-refractivity contribution in [1.29, 1.82) is 0 Å². The molecular weight excluding hydrogens is 463 g/mol. The van der Waals surface area contributed by atoms with Crippen molar-refractivity contribution in [2.75, 3.05) is 0 Å². The van der Waals surface area contributed by atoms with Crippen LogP contribution in [0.1, 0.15) is 69.6 Å². The molecule has 1 saturated carbocycles. The van der Waals surface area contributed by atoms with Crippen molar-refractivity contribution in [1.82, 2.24) is 19.8 Å². The number of aromatic nitrogens is 3. The number of hydrogen-bond acceptors (Lipinski definition) is 7. The molecule has 0 bridgehead atoms. The van der Waals surface area contributed by atoms with Crippen molar-refractivity contribution in [3.63, 3.8) is 0 Å². The monoisotopic (exact) mass is 494 g/mol. The number of rotatable bonds is 4. The van der Waals surface area contributed by atoms with Crippen LogP contribution in [0.5, 0.6) is 5.75 Å². The Morgan fingerprint density at radius 3 is 2.47 bits per heavy atom. The third kappa shape index (κ3) is 5.51. The van der Waals surface area contributed by atoms with Crippen molar-refractivity contribution in [2.45, 2.75) is 77.2 Å². The summed E-state index contributed by atoms with van der Waals surface area (Å²) in [4.78, 5) is 17.8. The van der Waals surface area contributed by atoms with Gasteiger partial charge in [-0.3, -0.25) is 4.57 Å². The van der Waals surface area contributed by atoms with Gasteiger partial charge < -0.3 is 14.3 Å². The number of benzene rings is 2. The maximum absolute atomic E-state index is 14.2.